The molecule has 0 saturated heterocycles. The summed E-state index contributed by atoms with van der Waals surface area (Å²) >= 11 is 0. The van der Waals surface area contributed by atoms with Crippen LogP contribution in [0.2, 0.25) is 0 Å². The highest BCUT2D eigenvalue weighted by atomic mass is 19.1. The van der Waals surface area contributed by atoms with Gasteiger partial charge in [0.1, 0.15) is 23.3 Å². The van der Waals surface area contributed by atoms with Gasteiger partial charge >= 0.3 is 0 Å². The van der Waals surface area contributed by atoms with E-state index in [2.05, 4.69) is 29.1 Å². The molecular weight excluding hydrogens is 471 g/mol. The van der Waals surface area contributed by atoms with Crippen LogP contribution in [0.25, 0.3) is 0 Å². The first-order valence-corrected chi connectivity index (χ1v) is 11.8. The number of nitrogens with zero attached hydrogens (tertiary/aromatic N) is 3. The van der Waals surface area contributed by atoms with E-state index in [1.165, 1.54) is 54.9 Å². The van der Waals surface area contributed by atoms with Crippen molar-refractivity contribution in [2.45, 2.75) is 25.8 Å². The van der Waals surface area contributed by atoms with Crippen LogP contribution in [0.1, 0.15) is 47.4 Å². The number of methoxy groups -OCH3 is 1. The second-order valence-electron chi connectivity index (χ2n) is 8.69. The molecule has 0 aliphatic rings. The number of anilines is 2. The fourth-order valence-electron chi connectivity index (χ4n) is 3.91. The summed E-state index contributed by atoms with van der Waals surface area (Å²) in [6.45, 7) is 4.15. The van der Waals surface area contributed by atoms with Gasteiger partial charge in [-0.25, -0.2) is 9.37 Å². The predicted octanol–water partition coefficient (Wildman–Crippen LogP) is 5.77. The molecule has 2 amide bonds. The van der Waals surface area contributed by atoms with Crippen LogP contribution in [-0.2, 0) is 4.79 Å². The number of hydrogen-bond acceptors (Lipinski definition) is 5. The zero-order valence-electron chi connectivity index (χ0n) is 20.8. The van der Waals surface area contributed by atoms with Gasteiger partial charge < -0.3 is 10.1 Å². The topological polar surface area (TPSA) is 84.4 Å². The van der Waals surface area contributed by atoms with Gasteiger partial charge in [-0.05, 0) is 65.6 Å². The Balaban J connectivity index is 1.86. The Hall–Kier alpha value is -4.59. The Morgan fingerprint density at radius 1 is 0.946 bits per heavy atom. The Morgan fingerprint density at radius 2 is 1.68 bits per heavy atom. The average molecular weight is 499 g/mol. The molecule has 37 heavy (non-hydrogen) atoms. The third kappa shape index (κ3) is 5.98. The maximum Gasteiger partial charge on any atom is 0.279 e. The number of amides is 2. The van der Waals surface area contributed by atoms with Crippen LogP contribution < -0.4 is 15.0 Å². The average Bonchev–Trinajstić information content (AvgIpc) is 2.93. The zero-order chi connectivity index (χ0) is 26.4. The first-order chi connectivity index (χ1) is 17.9. The number of ether oxygens (including phenoxy) is 1. The van der Waals surface area contributed by atoms with Crippen LogP contribution >= 0.6 is 0 Å². The van der Waals surface area contributed by atoms with Gasteiger partial charge in [-0.3, -0.25) is 19.5 Å². The number of carbonyl (C=O) groups excluding carboxylic acids is 2. The minimum absolute atomic E-state index is 0.0814. The molecule has 4 rings (SSSR count). The Bertz CT molecular complexity index is 1360. The minimum atomic E-state index is -1.11. The van der Waals surface area contributed by atoms with Gasteiger partial charge in [0, 0.05) is 23.8 Å². The van der Waals surface area contributed by atoms with E-state index in [0.29, 0.717) is 22.7 Å². The summed E-state index contributed by atoms with van der Waals surface area (Å²) in [6.07, 6.45) is 4.25. The van der Waals surface area contributed by atoms with Crippen LogP contribution in [0.4, 0.5) is 15.8 Å². The molecule has 188 valence electrons. The lowest BCUT2D eigenvalue weighted by Gasteiger charge is -2.31. The molecule has 3 aromatic carbocycles. The lowest BCUT2D eigenvalue weighted by molar-refractivity contribution is -0.117. The first-order valence-electron chi connectivity index (χ1n) is 11.8. The van der Waals surface area contributed by atoms with E-state index in [9.17, 15) is 14.0 Å². The van der Waals surface area contributed by atoms with Crippen LogP contribution in [-0.4, -0.2) is 28.9 Å². The van der Waals surface area contributed by atoms with Crippen molar-refractivity contribution in [3.63, 3.8) is 0 Å². The summed E-state index contributed by atoms with van der Waals surface area (Å²) in [6, 6.07) is 18.7. The minimum Gasteiger partial charge on any atom is -0.497 e. The Kier molecular flexibility index (Phi) is 7.88. The summed E-state index contributed by atoms with van der Waals surface area (Å²) in [4.78, 5) is 37.4. The molecule has 0 radical (unpaired) electrons. The van der Waals surface area contributed by atoms with Crippen molar-refractivity contribution < 1.29 is 18.7 Å². The van der Waals surface area contributed by atoms with E-state index >= 15 is 0 Å². The van der Waals surface area contributed by atoms with Crippen molar-refractivity contribution in [3.8, 4) is 5.75 Å². The van der Waals surface area contributed by atoms with E-state index in [4.69, 9.17) is 4.74 Å². The molecule has 0 aliphatic heterocycles. The molecule has 0 unspecified atom stereocenters. The quantitative estimate of drug-likeness (QED) is 0.333. The SMILES string of the molecule is COc1cccc([C@@H](C(=O)Nc2ccc(F)cc2)N(C(=O)c2cnccn2)c2ccc(C(C)C)cc2)c1. The molecule has 8 heteroatoms. The molecule has 1 N–H and O–H groups in total. The van der Waals surface area contributed by atoms with Crippen molar-refractivity contribution in [1.29, 1.82) is 0 Å². The standard InChI is InChI=1S/C29H27FN4O3/c1-19(2)20-7-13-24(14-8-20)34(29(36)26-18-31-15-16-32-26)27(21-5-4-6-25(17-21)37-3)28(35)33-23-11-9-22(30)10-12-23/h4-19,27H,1-3H3,(H,33,35)/t27-/m0/s1. The maximum absolute atomic E-state index is 13.9. The van der Waals surface area contributed by atoms with Crippen LogP contribution in [0.3, 0.4) is 0 Å². The van der Waals surface area contributed by atoms with Crippen molar-refractivity contribution in [3.05, 3.63) is 114 Å². The molecule has 1 aromatic heterocycles. The molecule has 0 saturated carbocycles. The zero-order valence-corrected chi connectivity index (χ0v) is 20.8. The highest BCUT2D eigenvalue weighted by Gasteiger charge is 2.34. The highest BCUT2D eigenvalue weighted by Crippen LogP contribution is 2.33. The van der Waals surface area contributed by atoms with Crippen LogP contribution in [0.5, 0.6) is 5.75 Å². The number of rotatable bonds is 8. The summed E-state index contributed by atoms with van der Waals surface area (Å²) in [5.41, 5.74) is 2.58. The fraction of sp³-hybridized carbons (Fsp3) is 0.172. The van der Waals surface area contributed by atoms with E-state index < -0.39 is 23.7 Å². The first kappa shape index (κ1) is 25.5. The largest absolute Gasteiger partial charge is 0.497 e. The van der Waals surface area contributed by atoms with Crippen LogP contribution in [0, 0.1) is 5.82 Å². The maximum atomic E-state index is 13.9. The van der Waals surface area contributed by atoms with Crippen molar-refractivity contribution in [1.82, 2.24) is 9.97 Å². The van der Waals surface area contributed by atoms with Gasteiger partial charge in [0.15, 0.2) is 0 Å². The van der Waals surface area contributed by atoms with Crippen LogP contribution in [0.15, 0.2) is 91.4 Å². The van der Waals surface area contributed by atoms with Crippen molar-refractivity contribution in [2.75, 3.05) is 17.3 Å². The van der Waals surface area contributed by atoms with Gasteiger partial charge in [-0.2, -0.15) is 0 Å². The van der Waals surface area contributed by atoms with Gasteiger partial charge in [0.2, 0.25) is 0 Å². The van der Waals surface area contributed by atoms with Gasteiger partial charge in [-0.1, -0.05) is 38.1 Å². The monoisotopic (exact) mass is 498 g/mol. The van der Waals surface area contributed by atoms with E-state index in [0.717, 1.165) is 5.56 Å². The normalized spacial score (nSPS) is 11.6. The molecule has 0 bridgehead atoms. The summed E-state index contributed by atoms with van der Waals surface area (Å²) < 4.78 is 18.9. The third-order valence-corrected chi connectivity index (χ3v) is 5.87. The summed E-state index contributed by atoms with van der Waals surface area (Å²) in [5.74, 6) is -0.613. The summed E-state index contributed by atoms with van der Waals surface area (Å²) in [5, 5.41) is 2.82. The predicted molar refractivity (Wildman–Crippen MR) is 140 cm³/mol. The van der Waals surface area contributed by atoms with Crippen molar-refractivity contribution in [2.24, 2.45) is 0 Å². The van der Waals surface area contributed by atoms with E-state index in [-0.39, 0.29) is 11.6 Å². The third-order valence-electron chi connectivity index (χ3n) is 5.87. The number of aromatic nitrogens is 2. The molecular formula is C29H27FN4O3. The molecule has 1 atom stereocenters. The fourth-order valence-corrected chi connectivity index (χ4v) is 3.91. The number of carbonyl (C=O) groups is 2. The number of hydrogen-bond donors (Lipinski definition) is 1. The second kappa shape index (κ2) is 11.4. The Labute approximate surface area is 215 Å². The van der Waals surface area contributed by atoms with E-state index in [1.807, 2.05) is 24.3 Å². The molecule has 0 fully saturated rings. The van der Waals surface area contributed by atoms with Gasteiger partial charge in [0.25, 0.3) is 11.8 Å². The summed E-state index contributed by atoms with van der Waals surface area (Å²) in [7, 11) is 1.53. The number of benzene rings is 3. The number of halogens is 1. The van der Waals surface area contributed by atoms with Gasteiger partial charge in [0.05, 0.1) is 13.3 Å². The van der Waals surface area contributed by atoms with E-state index in [1.54, 1.807) is 24.3 Å². The second-order valence-corrected chi connectivity index (χ2v) is 8.69. The van der Waals surface area contributed by atoms with Gasteiger partial charge in [-0.15, -0.1) is 0 Å². The molecule has 4 aromatic rings. The highest BCUT2D eigenvalue weighted by molar-refractivity contribution is 6.11. The molecule has 0 spiro atoms. The lowest BCUT2D eigenvalue weighted by atomic mass is 10.00. The Morgan fingerprint density at radius 3 is 2.30 bits per heavy atom. The number of nitrogens with one attached hydrogen (secondary N) is 1. The molecule has 0 aliphatic carbocycles. The van der Waals surface area contributed by atoms with Crippen molar-refractivity contribution >= 4 is 23.2 Å². The lowest BCUT2D eigenvalue weighted by Crippen LogP contribution is -2.42. The molecule has 1 heterocycles. The smallest absolute Gasteiger partial charge is 0.279 e. The molecule has 7 nitrogen and oxygen atoms in total.